The summed E-state index contributed by atoms with van der Waals surface area (Å²) in [7, 11) is 0. The smallest absolute Gasteiger partial charge is 0.311 e. The Kier molecular flexibility index (Phi) is 5.68. The van der Waals surface area contributed by atoms with Gasteiger partial charge in [-0.15, -0.1) is 0 Å². The number of hydrogen-bond donors (Lipinski definition) is 2. The minimum absolute atomic E-state index is 0.165. The van der Waals surface area contributed by atoms with E-state index in [1.54, 1.807) is 0 Å². The number of esters is 1. The molecule has 0 unspecified atom stereocenters. The first kappa shape index (κ1) is 22.4. The number of likely N-dealkylation sites (tertiary alicyclic amines) is 1. The van der Waals surface area contributed by atoms with Gasteiger partial charge in [0.2, 0.25) is 0 Å². The quantitative estimate of drug-likeness (QED) is 0.529. The summed E-state index contributed by atoms with van der Waals surface area (Å²) >= 11 is 6.00. The molecule has 2 aliphatic heterocycles. The lowest BCUT2D eigenvalue weighted by Crippen LogP contribution is -2.55. The number of aliphatic hydroxyl groups is 2. The van der Waals surface area contributed by atoms with Crippen LogP contribution in [0.1, 0.15) is 51.5 Å². The van der Waals surface area contributed by atoms with Crippen LogP contribution in [-0.4, -0.2) is 52.9 Å². The van der Waals surface area contributed by atoms with Gasteiger partial charge in [-0.2, -0.15) is 0 Å². The standard InChI is InChI=1S/C26H34ClNO4/c1-16-4-3-5-18-14-21-22(23(29)25(16,18)2)20(24(30)32-21)15-28-12-10-26(31,11-13-28)17-6-8-19(27)9-7-17/h5-9,16,20-23,29,31H,3-4,10-15H2,1-2H3/t16-,20-,21+,22+,23-,25+/m0/s1. The Morgan fingerprint density at radius 3 is 2.59 bits per heavy atom. The molecule has 0 spiro atoms. The maximum absolute atomic E-state index is 12.9. The molecule has 2 heterocycles. The minimum atomic E-state index is -0.866. The van der Waals surface area contributed by atoms with Gasteiger partial charge in [0.1, 0.15) is 6.10 Å². The number of ether oxygens (including phenoxy) is 1. The van der Waals surface area contributed by atoms with E-state index >= 15 is 0 Å². The second-order valence-electron chi connectivity index (χ2n) is 10.6. The van der Waals surface area contributed by atoms with Gasteiger partial charge >= 0.3 is 5.97 Å². The van der Waals surface area contributed by atoms with Gasteiger partial charge in [-0.05, 0) is 49.3 Å². The van der Waals surface area contributed by atoms with Gasteiger partial charge in [-0.25, -0.2) is 0 Å². The number of allylic oxidation sites excluding steroid dienone is 1. The lowest BCUT2D eigenvalue weighted by atomic mass is 9.55. The number of carbonyl (C=O) groups excluding carboxylic acids is 1. The third kappa shape index (κ3) is 3.53. The molecule has 1 aromatic rings. The van der Waals surface area contributed by atoms with Crippen LogP contribution in [-0.2, 0) is 15.1 Å². The van der Waals surface area contributed by atoms with E-state index in [4.69, 9.17) is 16.3 Å². The topological polar surface area (TPSA) is 70.0 Å². The second kappa shape index (κ2) is 8.12. The van der Waals surface area contributed by atoms with Crippen molar-refractivity contribution in [1.29, 1.82) is 0 Å². The van der Waals surface area contributed by atoms with Gasteiger partial charge in [0.15, 0.2) is 0 Å². The molecule has 3 fully saturated rings. The Morgan fingerprint density at radius 1 is 1.22 bits per heavy atom. The maximum atomic E-state index is 12.9. The molecule has 5 nitrogen and oxygen atoms in total. The molecule has 6 heteroatoms. The molecule has 4 aliphatic rings. The average molecular weight is 460 g/mol. The molecule has 6 atom stereocenters. The molecule has 1 saturated carbocycles. The molecular formula is C26H34ClNO4. The Hall–Kier alpha value is -1.40. The number of nitrogens with zero attached hydrogens (tertiary/aromatic N) is 1. The summed E-state index contributed by atoms with van der Waals surface area (Å²) in [5, 5.41) is 23.4. The molecule has 5 rings (SSSR count). The van der Waals surface area contributed by atoms with Crippen molar-refractivity contribution < 1.29 is 19.7 Å². The molecule has 2 aliphatic carbocycles. The van der Waals surface area contributed by atoms with E-state index in [1.807, 2.05) is 24.3 Å². The van der Waals surface area contributed by atoms with Gasteiger partial charge < -0.3 is 19.8 Å². The highest BCUT2D eigenvalue weighted by atomic mass is 35.5. The van der Waals surface area contributed by atoms with Gasteiger partial charge in [-0.1, -0.05) is 49.2 Å². The van der Waals surface area contributed by atoms with E-state index in [2.05, 4.69) is 24.8 Å². The summed E-state index contributed by atoms with van der Waals surface area (Å²) in [5.41, 5.74) is 1.02. The first-order chi connectivity index (χ1) is 15.2. The van der Waals surface area contributed by atoms with Gasteiger partial charge in [0.25, 0.3) is 0 Å². The van der Waals surface area contributed by atoms with Crippen molar-refractivity contribution in [2.45, 2.75) is 63.8 Å². The summed E-state index contributed by atoms with van der Waals surface area (Å²) in [4.78, 5) is 15.1. The lowest BCUT2D eigenvalue weighted by molar-refractivity contribution is -0.145. The van der Waals surface area contributed by atoms with Crippen molar-refractivity contribution in [1.82, 2.24) is 4.90 Å². The zero-order chi connectivity index (χ0) is 22.7. The minimum Gasteiger partial charge on any atom is -0.461 e. The first-order valence-electron chi connectivity index (χ1n) is 12.0. The average Bonchev–Trinajstić information content (AvgIpc) is 3.07. The highest BCUT2D eigenvalue weighted by molar-refractivity contribution is 6.30. The maximum Gasteiger partial charge on any atom is 0.311 e. The van der Waals surface area contributed by atoms with Crippen molar-refractivity contribution in [3.63, 3.8) is 0 Å². The molecule has 32 heavy (non-hydrogen) atoms. The Balaban J connectivity index is 1.29. The third-order valence-electron chi connectivity index (χ3n) is 9.09. The Bertz CT molecular complexity index is 907. The summed E-state index contributed by atoms with van der Waals surface area (Å²) < 4.78 is 5.81. The fourth-order valence-corrected chi connectivity index (χ4v) is 6.83. The van der Waals surface area contributed by atoms with Gasteiger partial charge in [-0.3, -0.25) is 4.79 Å². The SMILES string of the molecule is C[C@H]1CCC=C2C[C@H]3OC(=O)[C@@H](CN4CCC(O)(c5ccc(Cl)cc5)CC4)[C@H]3[C@H](O)[C@@]21C. The number of rotatable bonds is 3. The number of aliphatic hydroxyl groups excluding tert-OH is 1. The van der Waals surface area contributed by atoms with Gasteiger partial charge in [0, 0.05) is 42.4 Å². The summed E-state index contributed by atoms with van der Waals surface area (Å²) in [6.07, 6.45) is 5.55. The molecule has 2 N–H and O–H groups in total. The highest BCUT2D eigenvalue weighted by Crippen LogP contribution is 2.56. The van der Waals surface area contributed by atoms with Crippen molar-refractivity contribution >= 4 is 17.6 Å². The van der Waals surface area contributed by atoms with Crippen LogP contribution in [0.2, 0.25) is 5.02 Å². The van der Waals surface area contributed by atoms with Crippen LogP contribution in [0, 0.1) is 23.2 Å². The zero-order valence-electron chi connectivity index (χ0n) is 19.0. The molecule has 1 aromatic carbocycles. The Labute approximate surface area is 195 Å². The normalized spacial score (nSPS) is 39.1. The molecule has 0 aromatic heterocycles. The van der Waals surface area contributed by atoms with Crippen molar-refractivity contribution in [2.75, 3.05) is 19.6 Å². The molecule has 0 radical (unpaired) electrons. The third-order valence-corrected chi connectivity index (χ3v) is 9.34. The van der Waals surface area contributed by atoms with E-state index in [0.717, 1.165) is 24.8 Å². The molecule has 174 valence electrons. The number of halogens is 1. The van der Waals surface area contributed by atoms with Crippen molar-refractivity contribution in [3.05, 3.63) is 46.5 Å². The van der Waals surface area contributed by atoms with E-state index < -0.39 is 11.7 Å². The van der Waals surface area contributed by atoms with E-state index in [-0.39, 0.29) is 29.3 Å². The van der Waals surface area contributed by atoms with Crippen LogP contribution in [0.3, 0.4) is 0 Å². The highest BCUT2D eigenvalue weighted by Gasteiger charge is 2.59. The van der Waals surface area contributed by atoms with E-state index in [9.17, 15) is 15.0 Å². The van der Waals surface area contributed by atoms with Crippen LogP contribution in [0.25, 0.3) is 0 Å². The predicted octanol–water partition coefficient (Wildman–Crippen LogP) is 3.91. The molecular weight excluding hydrogens is 426 g/mol. The Morgan fingerprint density at radius 2 is 1.91 bits per heavy atom. The number of fused-ring (bicyclic) bond motifs is 2. The number of hydrogen-bond acceptors (Lipinski definition) is 5. The summed E-state index contributed by atoms with van der Waals surface area (Å²) in [6.45, 7) is 6.39. The van der Waals surface area contributed by atoms with E-state index in [0.29, 0.717) is 43.4 Å². The predicted molar refractivity (Wildman–Crippen MR) is 123 cm³/mol. The van der Waals surface area contributed by atoms with Crippen LogP contribution < -0.4 is 0 Å². The second-order valence-corrected chi connectivity index (χ2v) is 11.1. The number of piperidine rings is 1. The van der Waals surface area contributed by atoms with E-state index in [1.165, 1.54) is 5.57 Å². The zero-order valence-corrected chi connectivity index (χ0v) is 19.7. The molecule has 2 saturated heterocycles. The fraction of sp³-hybridized carbons (Fsp3) is 0.654. The van der Waals surface area contributed by atoms with Crippen molar-refractivity contribution in [3.8, 4) is 0 Å². The monoisotopic (exact) mass is 459 g/mol. The summed E-state index contributed by atoms with van der Waals surface area (Å²) in [5.74, 6) is -0.265. The van der Waals surface area contributed by atoms with Crippen molar-refractivity contribution in [2.24, 2.45) is 23.2 Å². The first-order valence-corrected chi connectivity index (χ1v) is 12.4. The lowest BCUT2D eigenvalue weighted by Gasteiger charge is -2.52. The van der Waals surface area contributed by atoms with Crippen LogP contribution in [0.15, 0.2) is 35.9 Å². The number of carbonyl (C=O) groups is 1. The number of benzene rings is 1. The van der Waals surface area contributed by atoms with Crippen LogP contribution in [0.5, 0.6) is 0 Å². The molecule has 0 bridgehead atoms. The fourth-order valence-electron chi connectivity index (χ4n) is 6.71. The van der Waals surface area contributed by atoms with Gasteiger partial charge in [0.05, 0.1) is 17.6 Å². The largest absolute Gasteiger partial charge is 0.461 e. The summed E-state index contributed by atoms with van der Waals surface area (Å²) in [6, 6.07) is 7.42. The van der Waals surface area contributed by atoms with Crippen LogP contribution in [0.4, 0.5) is 0 Å². The van der Waals surface area contributed by atoms with Crippen LogP contribution >= 0.6 is 11.6 Å². The molecule has 0 amide bonds.